The Hall–Kier alpha value is -15.9. The number of fused-ring (bicyclic) bond motifs is 1. The van der Waals surface area contributed by atoms with Gasteiger partial charge in [-0.15, -0.1) is 0 Å². The quantitative estimate of drug-likeness (QED) is 0.0173. The minimum Gasteiger partial charge on any atom is -0.508 e. The van der Waals surface area contributed by atoms with E-state index < -0.39 is 0 Å². The minimum absolute atomic E-state index is 0.185. The van der Waals surface area contributed by atoms with Crippen molar-refractivity contribution in [2.24, 2.45) is 46.6 Å². The van der Waals surface area contributed by atoms with Gasteiger partial charge in [-0.1, -0.05) is 205 Å². The molecule has 26 nitrogen and oxygen atoms in total. The molecule has 0 radical (unpaired) electrons. The van der Waals surface area contributed by atoms with Crippen LogP contribution in [0.3, 0.4) is 0 Å². The largest absolute Gasteiger partial charge is 0.508 e. The lowest BCUT2D eigenvalue weighted by Crippen LogP contribution is -2.25. The Kier molecular flexibility index (Phi) is 33.6. The highest BCUT2D eigenvalue weighted by Crippen LogP contribution is 2.44. The molecule has 14 N–H and O–H groups in total. The number of anilines is 4. The van der Waals surface area contributed by atoms with Crippen LogP contribution >= 0.6 is 0 Å². The first kappa shape index (κ1) is 104. The van der Waals surface area contributed by atoms with Crippen molar-refractivity contribution in [3.63, 3.8) is 0 Å². The Morgan fingerprint density at radius 3 is 1.01 bits per heavy atom. The SMILES string of the molecule is COc1ccc2ccccc2c1C(OCC1CC1)c1cccc(NC(=O)c2cc(C)nn2-c2cccc(CN)c2)c1.Cc1ccc(C(OCC2CC2)c2cccc(NC(=O)c3cc(C)nn3-c3cccc(CN)c3)c2)cc1.Cc1ccc(C(OCC2CC2)c2cccc(NC(=O)c3cc(C)nn3-c3cccc(CN)c3)c2)cc1.Cc1ccc(O)c(C(NCC2CC2)c2cccc(NC(=O)c3cc(C)nn3-c3cccc(CN)c3)c2)c1. The number of carbonyl (C=O) groups is 4. The number of benzene rings is 13. The number of aryl methyl sites for hydroxylation is 7. The summed E-state index contributed by atoms with van der Waals surface area (Å²) in [5.41, 5.74) is 49.5. The molecule has 13 aromatic carbocycles. The number of hydrogen-bond acceptors (Lipinski definition) is 18. The zero-order valence-electron chi connectivity index (χ0n) is 86.1. The number of nitrogens with one attached hydrogen (secondary N) is 5. The molecule has 0 spiro atoms. The van der Waals surface area contributed by atoms with E-state index in [2.05, 4.69) is 140 Å². The average molecular weight is 2000 g/mol. The number of phenolic OH excluding ortho intramolecular Hbond substituents is 1. The van der Waals surface area contributed by atoms with Crippen LogP contribution in [0.15, 0.2) is 322 Å². The van der Waals surface area contributed by atoms with E-state index in [1.54, 1.807) is 56.2 Å². The third kappa shape index (κ3) is 26.8. The number of rotatable bonds is 37. The number of carbonyl (C=O) groups excluding carboxylic acids is 4. The van der Waals surface area contributed by atoms with Crippen LogP contribution in [0.5, 0.6) is 11.5 Å². The van der Waals surface area contributed by atoms with Crippen molar-refractivity contribution >= 4 is 57.2 Å². The van der Waals surface area contributed by atoms with E-state index in [1.807, 2.05) is 247 Å². The van der Waals surface area contributed by atoms with Crippen LogP contribution in [-0.2, 0) is 40.4 Å². The number of phenols is 1. The Morgan fingerprint density at radius 1 is 0.333 bits per heavy atom. The lowest BCUT2D eigenvalue weighted by Gasteiger charge is -2.23. The van der Waals surface area contributed by atoms with Crippen molar-refractivity contribution in [3.8, 4) is 34.2 Å². The molecule has 0 saturated heterocycles. The molecule has 21 rings (SSSR count). The van der Waals surface area contributed by atoms with Gasteiger partial charge >= 0.3 is 0 Å². The molecule has 4 fully saturated rings. The molecule has 0 aliphatic heterocycles. The first-order valence-corrected chi connectivity index (χ1v) is 51.6. The maximum absolute atomic E-state index is 13.6. The van der Waals surface area contributed by atoms with Crippen LogP contribution in [0.2, 0.25) is 0 Å². The molecular formula is C124H131N17O9. The summed E-state index contributed by atoms with van der Waals surface area (Å²) < 4.78 is 31.9. The summed E-state index contributed by atoms with van der Waals surface area (Å²) in [6, 6.07) is 104. The topological polar surface area (TPSA) is 361 Å². The zero-order chi connectivity index (χ0) is 104. The van der Waals surface area contributed by atoms with Gasteiger partial charge in [-0.2, -0.15) is 20.4 Å². The first-order valence-electron chi connectivity index (χ1n) is 51.6. The number of methoxy groups -OCH3 is 1. The van der Waals surface area contributed by atoms with Crippen LogP contribution in [-0.4, -0.2) is 101 Å². The van der Waals surface area contributed by atoms with Gasteiger partial charge in [-0.3, -0.25) is 19.2 Å². The van der Waals surface area contributed by atoms with Gasteiger partial charge in [0.25, 0.3) is 23.6 Å². The predicted molar refractivity (Wildman–Crippen MR) is 592 cm³/mol. The summed E-state index contributed by atoms with van der Waals surface area (Å²) in [6.45, 7) is 18.4. The highest BCUT2D eigenvalue weighted by molar-refractivity contribution is 6.06. The zero-order valence-corrected chi connectivity index (χ0v) is 86.1. The molecule has 4 aromatic heterocycles. The van der Waals surface area contributed by atoms with Crippen LogP contribution in [0.4, 0.5) is 22.7 Å². The molecule has 4 atom stereocenters. The van der Waals surface area contributed by atoms with Gasteiger partial charge in [0.2, 0.25) is 0 Å². The van der Waals surface area contributed by atoms with E-state index in [1.165, 1.54) is 62.5 Å². The van der Waals surface area contributed by atoms with Gasteiger partial charge in [0.05, 0.1) is 78.5 Å². The summed E-state index contributed by atoms with van der Waals surface area (Å²) in [7, 11) is 1.69. The van der Waals surface area contributed by atoms with Gasteiger partial charge < -0.3 is 73.6 Å². The van der Waals surface area contributed by atoms with E-state index in [0.717, 1.165) is 154 Å². The van der Waals surface area contributed by atoms with Crippen LogP contribution in [0.1, 0.15) is 224 Å². The number of hydrogen-bond donors (Lipinski definition) is 10. The number of aromatic hydroxyl groups is 1. The lowest BCUT2D eigenvalue weighted by atomic mass is 9.94. The van der Waals surface area contributed by atoms with E-state index >= 15 is 0 Å². The predicted octanol–water partition coefficient (Wildman–Crippen LogP) is 23.0. The van der Waals surface area contributed by atoms with Gasteiger partial charge in [0, 0.05) is 60.1 Å². The fourth-order valence-corrected chi connectivity index (χ4v) is 18.4. The van der Waals surface area contributed by atoms with Gasteiger partial charge in [0.1, 0.15) is 52.6 Å². The molecule has 4 aliphatic carbocycles. The third-order valence-electron chi connectivity index (χ3n) is 27.2. The highest BCUT2D eigenvalue weighted by atomic mass is 16.5. The molecule has 766 valence electrons. The average Bonchev–Trinajstić information content (AvgIpc) is 0.949. The Balaban J connectivity index is 0.000000131. The number of nitrogens with zero attached hydrogens (tertiary/aromatic N) is 8. The molecule has 150 heavy (non-hydrogen) atoms. The number of ether oxygens (including phenoxy) is 4. The molecule has 26 heteroatoms. The smallest absolute Gasteiger partial charge is 0.274 e. The lowest BCUT2D eigenvalue weighted by molar-refractivity contribution is 0.0711. The van der Waals surface area contributed by atoms with Crippen molar-refractivity contribution in [2.45, 2.75) is 150 Å². The molecule has 4 heterocycles. The number of aromatic nitrogens is 8. The molecule has 17 aromatic rings. The summed E-state index contributed by atoms with van der Waals surface area (Å²) in [4.78, 5) is 53.7. The first-order chi connectivity index (χ1) is 72.9. The molecule has 4 saturated carbocycles. The van der Waals surface area contributed by atoms with Crippen molar-refractivity contribution < 1.29 is 43.2 Å². The van der Waals surface area contributed by atoms with Crippen molar-refractivity contribution in [1.29, 1.82) is 0 Å². The maximum atomic E-state index is 13.6. The molecule has 4 amide bonds. The van der Waals surface area contributed by atoms with E-state index in [-0.39, 0.29) is 53.7 Å². The molecule has 4 unspecified atom stereocenters. The van der Waals surface area contributed by atoms with Crippen LogP contribution < -0.4 is 54.3 Å². The number of amides is 4. The fraction of sp³-hybridized carbons (Fsp3) is 0.258. The summed E-state index contributed by atoms with van der Waals surface area (Å²) >= 11 is 0. The van der Waals surface area contributed by atoms with Gasteiger partial charge in [-0.05, 0) is 330 Å². The Labute approximate surface area is 876 Å². The summed E-state index contributed by atoms with van der Waals surface area (Å²) in [5.74, 6) is 2.65. The van der Waals surface area contributed by atoms with Crippen molar-refractivity contribution in [3.05, 3.63) is 451 Å². The van der Waals surface area contributed by atoms with Crippen LogP contribution in [0.25, 0.3) is 33.5 Å². The molecule has 0 bridgehead atoms. The van der Waals surface area contributed by atoms with Gasteiger partial charge in [0.15, 0.2) is 0 Å². The van der Waals surface area contributed by atoms with Crippen molar-refractivity contribution in [1.82, 2.24) is 44.4 Å². The second kappa shape index (κ2) is 48.4. The summed E-state index contributed by atoms with van der Waals surface area (Å²) in [6.07, 6.45) is 9.05. The fourth-order valence-electron chi connectivity index (χ4n) is 18.4. The molecule has 4 aliphatic rings. The normalized spacial score (nSPS) is 13.9. The van der Waals surface area contributed by atoms with Crippen molar-refractivity contribution in [2.75, 3.05) is 54.7 Å². The van der Waals surface area contributed by atoms with E-state index in [4.69, 9.17) is 41.9 Å². The summed E-state index contributed by atoms with van der Waals surface area (Å²) in [5, 5.41) is 47.0. The third-order valence-corrected chi connectivity index (χ3v) is 27.2. The second-order valence-electron chi connectivity index (χ2n) is 39.7. The van der Waals surface area contributed by atoms with E-state index in [9.17, 15) is 24.3 Å². The standard InChI is InChI=1S/C34H34N4O3.C30H33N5O2.2C30H32N4O2/c1-22-17-30(38(37-22)28-11-5-7-24(18-28)20-35)34(39)36-27-10-6-9-26(19-27)33(41-21-23-13-14-23)32-29-12-4-3-8-25(29)15-16-31(32)40-2;1-19-9-12-28(36)26(13-19)29(32-18-21-10-11-21)23-6-4-7-24(16-23)33-30(37)27-14-20(2)34-35(27)25-8-3-5-22(15-25)17-31;2*1-20-9-13-24(14-10-20)29(36-19-22-11-12-22)25-6-4-7-26(17-25)32-30(35)28-15-21(2)33-34(28)27-8-3-5-23(16-27)18-31/h3-12,15-19,23,33H,13-14,20-21,35H2,1-2H3,(H,36,39);3-9,12-16,21,29,32,36H,10-11,17-18,31H2,1-2H3,(H,33,37);2*3-10,13-17,22,29H,11-12,18-19,31H2,1-2H3,(H,32,35). The minimum atomic E-state index is -0.361. The van der Waals surface area contributed by atoms with Crippen LogP contribution in [0, 0.1) is 72.1 Å². The maximum Gasteiger partial charge on any atom is 0.274 e. The van der Waals surface area contributed by atoms with E-state index in [0.29, 0.717) is 102 Å². The second-order valence-corrected chi connectivity index (χ2v) is 39.7. The Bertz CT molecular complexity index is 7410. The number of nitrogens with two attached hydrogens (primary N) is 4. The monoisotopic (exact) mass is 2000 g/mol. The Morgan fingerprint density at radius 2 is 0.660 bits per heavy atom. The highest BCUT2D eigenvalue weighted by Gasteiger charge is 2.33. The molecular weight excluding hydrogens is 1870 g/mol. The van der Waals surface area contributed by atoms with Gasteiger partial charge in [-0.25, -0.2) is 18.7 Å².